The van der Waals surface area contributed by atoms with Crippen LogP contribution in [0.3, 0.4) is 0 Å². The van der Waals surface area contributed by atoms with Gasteiger partial charge in [-0.25, -0.2) is 4.79 Å². The van der Waals surface area contributed by atoms with E-state index in [-0.39, 0.29) is 18.1 Å². The van der Waals surface area contributed by atoms with Gasteiger partial charge >= 0.3 is 11.9 Å². The highest BCUT2D eigenvalue weighted by Crippen LogP contribution is 2.45. The summed E-state index contributed by atoms with van der Waals surface area (Å²) in [5.74, 6) is -1.45. The topological polar surface area (TPSA) is 99.1 Å². The van der Waals surface area contributed by atoms with Gasteiger partial charge < -0.3 is 19.3 Å². The molecule has 0 unspecified atom stereocenters. The van der Waals surface area contributed by atoms with Crippen molar-refractivity contribution in [2.24, 2.45) is 5.92 Å². The predicted octanol–water partition coefficient (Wildman–Crippen LogP) is 2.63. The van der Waals surface area contributed by atoms with Crippen LogP contribution in [0.15, 0.2) is 12.2 Å². The van der Waals surface area contributed by atoms with Crippen molar-refractivity contribution < 1.29 is 33.7 Å². The minimum atomic E-state index is -1.23. The van der Waals surface area contributed by atoms with E-state index in [0.29, 0.717) is 44.1 Å². The van der Waals surface area contributed by atoms with E-state index in [1.807, 2.05) is 13.8 Å². The number of fused-ring (bicyclic) bond motifs is 5. The zero-order valence-electron chi connectivity index (χ0n) is 17.8. The number of ether oxygens (including phenoxy) is 3. The molecular formula is C22H32O7. The summed E-state index contributed by atoms with van der Waals surface area (Å²) in [6.07, 6.45) is 1.29. The average molecular weight is 408 g/mol. The first kappa shape index (κ1) is 22.0. The van der Waals surface area contributed by atoms with Crippen LogP contribution in [0.2, 0.25) is 0 Å². The average Bonchev–Trinajstić information content (AvgIpc) is 2.73. The Kier molecular flexibility index (Phi) is 5.69. The Labute approximate surface area is 171 Å². The number of hydrogen-bond donors (Lipinski definition) is 1. The molecule has 0 aromatic rings. The van der Waals surface area contributed by atoms with Crippen molar-refractivity contribution in [3.05, 3.63) is 12.2 Å². The Morgan fingerprint density at radius 1 is 1.14 bits per heavy atom. The molecule has 4 bridgehead atoms. The normalized spacial score (nSPS) is 43.6. The third kappa shape index (κ3) is 4.12. The van der Waals surface area contributed by atoms with E-state index >= 15 is 0 Å². The number of carbonyl (C=O) groups excluding carboxylic acids is 3. The van der Waals surface area contributed by atoms with Crippen LogP contribution < -0.4 is 0 Å². The molecule has 29 heavy (non-hydrogen) atoms. The molecule has 3 fully saturated rings. The first-order chi connectivity index (χ1) is 13.4. The molecule has 3 saturated heterocycles. The number of carbonyl (C=O) groups is 3. The fourth-order valence-electron chi connectivity index (χ4n) is 4.92. The van der Waals surface area contributed by atoms with Crippen molar-refractivity contribution >= 4 is 17.7 Å². The van der Waals surface area contributed by atoms with Gasteiger partial charge in [-0.2, -0.15) is 0 Å². The molecule has 0 aromatic carbocycles. The van der Waals surface area contributed by atoms with Gasteiger partial charge in [0.15, 0.2) is 11.4 Å². The molecule has 3 heterocycles. The molecule has 3 aliphatic rings. The van der Waals surface area contributed by atoms with Crippen LogP contribution in [-0.4, -0.2) is 51.8 Å². The highest BCUT2D eigenvalue weighted by molar-refractivity contribution is 5.94. The Hall–Kier alpha value is -1.73. The first-order valence-electron chi connectivity index (χ1n) is 10.4. The highest BCUT2D eigenvalue weighted by Gasteiger charge is 2.53. The van der Waals surface area contributed by atoms with Gasteiger partial charge in [-0.05, 0) is 65.2 Å². The van der Waals surface area contributed by atoms with Crippen molar-refractivity contribution in [3.63, 3.8) is 0 Å². The maximum absolute atomic E-state index is 13.1. The zero-order valence-corrected chi connectivity index (χ0v) is 17.8. The first-order valence-corrected chi connectivity index (χ1v) is 10.4. The molecule has 1 N–H and O–H groups in total. The second-order valence-electron chi connectivity index (χ2n) is 9.42. The van der Waals surface area contributed by atoms with Crippen LogP contribution >= 0.6 is 0 Å². The van der Waals surface area contributed by atoms with Crippen LogP contribution in [0.5, 0.6) is 0 Å². The van der Waals surface area contributed by atoms with Gasteiger partial charge in [0.25, 0.3) is 0 Å². The number of ketones is 1. The molecule has 3 rings (SSSR count). The van der Waals surface area contributed by atoms with E-state index in [9.17, 15) is 19.5 Å². The summed E-state index contributed by atoms with van der Waals surface area (Å²) in [5.41, 5.74) is -2.75. The summed E-state index contributed by atoms with van der Waals surface area (Å²) in [6, 6.07) is 0. The van der Waals surface area contributed by atoms with Gasteiger partial charge in [-0.3, -0.25) is 9.59 Å². The Morgan fingerprint density at radius 2 is 1.83 bits per heavy atom. The summed E-state index contributed by atoms with van der Waals surface area (Å²) in [7, 11) is 0. The molecule has 162 valence electrons. The Balaban J connectivity index is 1.99. The third-order valence-corrected chi connectivity index (χ3v) is 7.05. The second kappa shape index (κ2) is 7.51. The maximum Gasteiger partial charge on any atom is 0.334 e. The quantitative estimate of drug-likeness (QED) is 0.526. The lowest BCUT2D eigenvalue weighted by molar-refractivity contribution is -0.260. The summed E-state index contributed by atoms with van der Waals surface area (Å²) >= 11 is 0. The molecule has 0 aromatic heterocycles. The standard InChI is InChI=1S/C22H32O7/c1-13-15-6-9-20(3,28-19(13)26)16(24)7-10-22(5)18(27-14(2)23)8-11-21(4,29-22)17(25)12-15/h15,17-18,25H,1,6-12H2,2-5H3/t15-,17+,18+,20-,21-,22+/m1/s1. The molecule has 3 aliphatic heterocycles. The van der Waals surface area contributed by atoms with Gasteiger partial charge in [-0.1, -0.05) is 6.58 Å². The molecule has 6 atom stereocenters. The van der Waals surface area contributed by atoms with Crippen LogP contribution in [0.1, 0.15) is 72.6 Å². The summed E-state index contributed by atoms with van der Waals surface area (Å²) < 4.78 is 17.5. The van der Waals surface area contributed by atoms with E-state index in [4.69, 9.17) is 14.2 Å². The van der Waals surface area contributed by atoms with Gasteiger partial charge in [0, 0.05) is 18.9 Å². The predicted molar refractivity (Wildman–Crippen MR) is 104 cm³/mol. The number of Topliss-reactive ketones (excluding diaryl/α,β-unsaturated/α-hetero) is 1. The van der Waals surface area contributed by atoms with Crippen molar-refractivity contribution in [1.29, 1.82) is 0 Å². The number of esters is 2. The van der Waals surface area contributed by atoms with Crippen molar-refractivity contribution in [2.75, 3.05) is 0 Å². The molecule has 7 nitrogen and oxygen atoms in total. The third-order valence-electron chi connectivity index (χ3n) is 7.05. The van der Waals surface area contributed by atoms with Crippen LogP contribution in [0.25, 0.3) is 0 Å². The van der Waals surface area contributed by atoms with E-state index in [1.165, 1.54) is 6.92 Å². The lowest BCUT2D eigenvalue weighted by Crippen LogP contribution is -2.59. The molecular weight excluding hydrogens is 376 g/mol. The highest BCUT2D eigenvalue weighted by atomic mass is 16.6. The van der Waals surface area contributed by atoms with Crippen LogP contribution in [0.4, 0.5) is 0 Å². The van der Waals surface area contributed by atoms with Crippen molar-refractivity contribution in [1.82, 2.24) is 0 Å². The monoisotopic (exact) mass is 408 g/mol. The minimum Gasteiger partial charge on any atom is -0.459 e. The van der Waals surface area contributed by atoms with Gasteiger partial charge in [0.1, 0.15) is 11.7 Å². The largest absolute Gasteiger partial charge is 0.459 e. The number of hydrogen-bond acceptors (Lipinski definition) is 7. The number of aliphatic hydroxyl groups excluding tert-OH is 1. The Morgan fingerprint density at radius 3 is 2.48 bits per heavy atom. The van der Waals surface area contributed by atoms with E-state index < -0.39 is 40.9 Å². The van der Waals surface area contributed by atoms with E-state index in [1.54, 1.807) is 6.92 Å². The van der Waals surface area contributed by atoms with Crippen LogP contribution in [-0.2, 0) is 28.6 Å². The minimum absolute atomic E-state index is 0.112. The summed E-state index contributed by atoms with van der Waals surface area (Å²) in [4.78, 5) is 37.2. The lowest BCUT2D eigenvalue weighted by Gasteiger charge is -2.51. The fourth-order valence-corrected chi connectivity index (χ4v) is 4.92. The van der Waals surface area contributed by atoms with Crippen molar-refractivity contribution in [3.8, 4) is 0 Å². The van der Waals surface area contributed by atoms with Gasteiger partial charge in [0.2, 0.25) is 0 Å². The molecule has 0 radical (unpaired) electrons. The molecule has 0 aliphatic carbocycles. The zero-order chi connectivity index (χ0) is 21.6. The fraction of sp³-hybridized carbons (Fsp3) is 0.773. The molecule has 0 saturated carbocycles. The lowest BCUT2D eigenvalue weighted by atomic mass is 9.75. The summed E-state index contributed by atoms with van der Waals surface area (Å²) in [6.45, 7) is 10.5. The molecule has 7 heteroatoms. The van der Waals surface area contributed by atoms with E-state index in [2.05, 4.69) is 6.58 Å². The Bertz CT molecular complexity index is 731. The smallest absolute Gasteiger partial charge is 0.334 e. The number of aliphatic hydroxyl groups is 1. The second-order valence-corrected chi connectivity index (χ2v) is 9.42. The van der Waals surface area contributed by atoms with Gasteiger partial charge in [-0.15, -0.1) is 0 Å². The molecule has 0 spiro atoms. The number of rotatable bonds is 1. The van der Waals surface area contributed by atoms with Crippen molar-refractivity contribution in [2.45, 2.75) is 102 Å². The maximum atomic E-state index is 13.1. The van der Waals surface area contributed by atoms with Crippen LogP contribution in [0, 0.1) is 5.92 Å². The van der Waals surface area contributed by atoms with E-state index in [0.717, 1.165) is 0 Å². The summed E-state index contributed by atoms with van der Waals surface area (Å²) in [5, 5.41) is 11.1. The SMILES string of the molecule is C=C1C(=O)O[C@]2(C)CC[C@@H]1C[C@H](O)[C@@]1(C)CC[C@H](OC(C)=O)[C@](C)(CCC2=O)O1. The molecule has 0 amide bonds. The van der Waals surface area contributed by atoms with Gasteiger partial charge in [0.05, 0.1) is 11.7 Å².